The maximum absolute atomic E-state index is 12.8. The van der Waals surface area contributed by atoms with Gasteiger partial charge in [-0.3, -0.25) is 28.8 Å². The molecule has 6 atom stereocenters. The molecule has 2 rings (SSSR count). The van der Waals surface area contributed by atoms with E-state index < -0.39 is 85.5 Å². The Morgan fingerprint density at radius 3 is 1.95 bits per heavy atom. The number of benzene rings is 1. The summed E-state index contributed by atoms with van der Waals surface area (Å²) in [5.41, 5.74) is 6.56. The van der Waals surface area contributed by atoms with Gasteiger partial charge in [-0.25, -0.2) is 0 Å². The van der Waals surface area contributed by atoms with Crippen LogP contribution in [-0.2, 0) is 63.8 Å². The average molecular weight is 553 g/mol. The lowest BCUT2D eigenvalue weighted by molar-refractivity contribution is -0.257. The van der Waals surface area contributed by atoms with E-state index in [1.165, 1.54) is 0 Å². The summed E-state index contributed by atoms with van der Waals surface area (Å²) in [7, 11) is 0. The first-order valence-electron chi connectivity index (χ1n) is 11.9. The first-order valence-corrected chi connectivity index (χ1v) is 11.9. The monoisotopic (exact) mass is 552 g/mol. The van der Waals surface area contributed by atoms with Gasteiger partial charge in [-0.1, -0.05) is 30.3 Å². The lowest BCUT2D eigenvalue weighted by Gasteiger charge is -2.44. The Bertz CT molecular complexity index is 1050. The minimum Gasteiger partial charge on any atom is -0.463 e. The number of rotatable bonds is 11. The summed E-state index contributed by atoms with van der Waals surface area (Å²) in [4.78, 5) is 72.0. The summed E-state index contributed by atoms with van der Waals surface area (Å²) in [6, 6.07) is 7.48. The highest BCUT2D eigenvalue weighted by molar-refractivity contribution is 5.85. The summed E-state index contributed by atoms with van der Waals surface area (Å²) in [6.07, 6.45) is -7.60. The number of amides is 1. The van der Waals surface area contributed by atoms with Crippen LogP contribution in [0, 0.1) is 0 Å². The molecular formula is C25H32N2O12. The van der Waals surface area contributed by atoms with Crippen molar-refractivity contribution in [3.63, 3.8) is 0 Å². The maximum Gasteiger partial charge on any atom is 0.323 e. The number of nitrogens with two attached hydrogens (primary N) is 1. The average Bonchev–Trinajstić information content (AvgIpc) is 2.84. The van der Waals surface area contributed by atoms with Crippen LogP contribution in [0.4, 0.5) is 0 Å². The van der Waals surface area contributed by atoms with E-state index in [0.717, 1.165) is 33.3 Å². The van der Waals surface area contributed by atoms with Crippen molar-refractivity contribution in [1.82, 2.24) is 5.32 Å². The number of ether oxygens (including phenoxy) is 6. The highest BCUT2D eigenvalue weighted by Crippen LogP contribution is 2.28. The molecule has 0 aliphatic carbocycles. The zero-order chi connectivity index (χ0) is 29.1. The zero-order valence-corrected chi connectivity index (χ0v) is 21.9. The molecule has 0 radical (unpaired) electrons. The van der Waals surface area contributed by atoms with Crippen LogP contribution in [0.3, 0.4) is 0 Å². The lowest BCUT2D eigenvalue weighted by Crippen LogP contribution is -2.66. The fraction of sp³-hybridized carbons (Fsp3) is 0.520. The van der Waals surface area contributed by atoms with Crippen LogP contribution >= 0.6 is 0 Å². The van der Waals surface area contributed by atoms with Crippen molar-refractivity contribution in [3.8, 4) is 0 Å². The molecule has 1 aromatic rings. The van der Waals surface area contributed by atoms with Crippen LogP contribution in [-0.4, -0.2) is 79.0 Å². The molecule has 39 heavy (non-hydrogen) atoms. The fourth-order valence-electron chi connectivity index (χ4n) is 3.68. The molecule has 1 aliphatic rings. The van der Waals surface area contributed by atoms with Gasteiger partial charge in [0.1, 0.15) is 25.4 Å². The molecule has 1 saturated heterocycles. The first kappa shape index (κ1) is 31.2. The van der Waals surface area contributed by atoms with Crippen LogP contribution in [0.5, 0.6) is 0 Å². The molecule has 1 fully saturated rings. The second-order valence-electron chi connectivity index (χ2n) is 8.59. The SMILES string of the molecule is CC(=O)OC[C@H]1O[C@@H](NC(=O)CC(N)C(=O)OCc2ccccc2)[C@H](OC(C)=O)[C@@H](OC(C)=O)[C@@H]1OC(C)=O. The molecule has 214 valence electrons. The minimum absolute atomic E-state index is 0.0469. The largest absolute Gasteiger partial charge is 0.463 e. The molecule has 0 saturated carbocycles. The van der Waals surface area contributed by atoms with E-state index in [4.69, 9.17) is 34.2 Å². The normalized spacial score (nSPS) is 22.9. The Hall–Kier alpha value is -4.04. The Morgan fingerprint density at radius 1 is 0.821 bits per heavy atom. The summed E-state index contributed by atoms with van der Waals surface area (Å²) in [5, 5.41) is 2.43. The standard InChI is InChI=1S/C25H32N2O12/c1-13(28)34-12-19-21(36-14(2)29)22(37-15(3)30)23(38-16(4)31)24(39-19)27-20(32)10-18(26)25(33)35-11-17-8-6-5-7-9-17/h5-9,18-19,21-24H,10-12,26H2,1-4H3,(H,27,32)/t18?,19-,21-,22+,23-,24-/m1/s1. The molecular weight excluding hydrogens is 520 g/mol. The number of hydrogen-bond acceptors (Lipinski definition) is 13. The van der Waals surface area contributed by atoms with E-state index in [0.29, 0.717) is 0 Å². The summed E-state index contributed by atoms with van der Waals surface area (Å²) in [6.45, 7) is 3.84. The number of carbonyl (C=O) groups is 6. The molecule has 0 aromatic heterocycles. The second kappa shape index (κ2) is 14.8. The molecule has 3 N–H and O–H groups in total. The predicted octanol–water partition coefficient (Wildman–Crippen LogP) is -0.353. The molecule has 1 heterocycles. The van der Waals surface area contributed by atoms with Gasteiger partial charge in [0, 0.05) is 27.7 Å². The number of carbonyl (C=O) groups excluding carboxylic acids is 6. The van der Waals surface area contributed by atoms with E-state index >= 15 is 0 Å². The molecule has 14 nitrogen and oxygen atoms in total. The third-order valence-electron chi connectivity index (χ3n) is 5.23. The van der Waals surface area contributed by atoms with Gasteiger partial charge in [0.25, 0.3) is 0 Å². The molecule has 0 spiro atoms. The van der Waals surface area contributed by atoms with E-state index in [9.17, 15) is 28.8 Å². The predicted molar refractivity (Wildman–Crippen MR) is 129 cm³/mol. The fourth-order valence-corrected chi connectivity index (χ4v) is 3.68. The molecule has 1 aromatic carbocycles. The number of nitrogens with one attached hydrogen (secondary N) is 1. The van der Waals surface area contributed by atoms with Crippen molar-refractivity contribution in [2.45, 2.75) is 77.4 Å². The highest BCUT2D eigenvalue weighted by Gasteiger charge is 2.52. The Labute approximate surface area is 224 Å². The van der Waals surface area contributed by atoms with Crippen molar-refractivity contribution in [2.24, 2.45) is 5.73 Å². The molecule has 1 aliphatic heterocycles. The first-order chi connectivity index (χ1) is 18.4. The highest BCUT2D eigenvalue weighted by atomic mass is 16.7. The van der Waals surface area contributed by atoms with Crippen molar-refractivity contribution < 1.29 is 57.2 Å². The Balaban J connectivity index is 2.20. The van der Waals surface area contributed by atoms with Gasteiger partial charge in [0.05, 0.1) is 6.42 Å². The zero-order valence-electron chi connectivity index (χ0n) is 21.9. The van der Waals surface area contributed by atoms with Gasteiger partial charge in [-0.2, -0.15) is 0 Å². The van der Waals surface area contributed by atoms with E-state index in [1.807, 2.05) is 0 Å². The van der Waals surface area contributed by atoms with Gasteiger partial charge in [-0.15, -0.1) is 0 Å². The smallest absolute Gasteiger partial charge is 0.323 e. The molecule has 0 bridgehead atoms. The third-order valence-corrected chi connectivity index (χ3v) is 5.23. The van der Waals surface area contributed by atoms with E-state index in [2.05, 4.69) is 5.32 Å². The third kappa shape index (κ3) is 10.3. The lowest BCUT2D eigenvalue weighted by atomic mass is 9.97. The van der Waals surface area contributed by atoms with Crippen molar-refractivity contribution in [1.29, 1.82) is 0 Å². The minimum atomic E-state index is -1.49. The van der Waals surface area contributed by atoms with Crippen molar-refractivity contribution >= 4 is 35.8 Å². The molecule has 1 amide bonds. The number of esters is 5. The Kier molecular flexibility index (Phi) is 11.8. The molecule has 1 unspecified atom stereocenters. The van der Waals surface area contributed by atoms with Gasteiger partial charge in [-0.05, 0) is 5.56 Å². The summed E-state index contributed by atoms with van der Waals surface area (Å²) in [5.74, 6) is -4.78. The van der Waals surface area contributed by atoms with E-state index in [-0.39, 0.29) is 6.61 Å². The Morgan fingerprint density at radius 2 is 1.38 bits per heavy atom. The molecule has 14 heteroatoms. The van der Waals surface area contributed by atoms with Crippen LogP contribution in [0.1, 0.15) is 39.7 Å². The van der Waals surface area contributed by atoms with Crippen LogP contribution < -0.4 is 11.1 Å². The van der Waals surface area contributed by atoms with Crippen LogP contribution in [0.2, 0.25) is 0 Å². The van der Waals surface area contributed by atoms with E-state index in [1.54, 1.807) is 30.3 Å². The quantitative estimate of drug-likeness (QED) is 0.267. The van der Waals surface area contributed by atoms with Gasteiger partial charge < -0.3 is 39.5 Å². The van der Waals surface area contributed by atoms with Crippen LogP contribution in [0.15, 0.2) is 30.3 Å². The van der Waals surface area contributed by atoms with Gasteiger partial charge >= 0.3 is 29.8 Å². The summed E-state index contributed by atoms with van der Waals surface area (Å²) < 4.78 is 31.7. The topological polar surface area (TPSA) is 196 Å². The van der Waals surface area contributed by atoms with Crippen molar-refractivity contribution in [3.05, 3.63) is 35.9 Å². The number of hydrogen-bond donors (Lipinski definition) is 2. The van der Waals surface area contributed by atoms with Gasteiger partial charge in [0.2, 0.25) is 5.91 Å². The van der Waals surface area contributed by atoms with Gasteiger partial charge in [0.15, 0.2) is 24.5 Å². The second-order valence-corrected chi connectivity index (χ2v) is 8.59. The summed E-state index contributed by atoms with van der Waals surface area (Å²) >= 11 is 0. The van der Waals surface area contributed by atoms with Crippen LogP contribution in [0.25, 0.3) is 0 Å². The van der Waals surface area contributed by atoms with Crippen molar-refractivity contribution in [2.75, 3.05) is 6.61 Å². The maximum atomic E-state index is 12.8.